The molecule has 164 valence electrons. The van der Waals surface area contributed by atoms with E-state index in [0.717, 1.165) is 24.0 Å². The lowest BCUT2D eigenvalue weighted by Crippen LogP contribution is -2.44. The highest BCUT2D eigenvalue weighted by atomic mass is 16.3. The van der Waals surface area contributed by atoms with Gasteiger partial charge in [0.1, 0.15) is 0 Å². The van der Waals surface area contributed by atoms with Crippen molar-refractivity contribution in [3.05, 3.63) is 59.7 Å². The maximum atomic E-state index is 13.0. The van der Waals surface area contributed by atoms with Crippen molar-refractivity contribution in [1.29, 1.82) is 0 Å². The normalized spacial score (nSPS) is 20.9. The first-order valence-corrected chi connectivity index (χ1v) is 11.1. The Hall–Kier alpha value is -2.86. The standard InChI is InChI=1S/C25H31N3O3/c1-3-18-4-6-19(7-5-18)20-8-10-21(11-9-20)24(30)26(2)22-12-14-27(16-22)25(31)28-15-13-23(29)17-28/h4-11,22-23,29H,3,12-17H2,1-2H3. The van der Waals surface area contributed by atoms with Gasteiger partial charge in [0.05, 0.1) is 12.1 Å². The lowest BCUT2D eigenvalue weighted by Gasteiger charge is -2.27. The topological polar surface area (TPSA) is 64.1 Å². The second-order valence-electron chi connectivity index (χ2n) is 8.60. The van der Waals surface area contributed by atoms with E-state index in [-0.39, 0.29) is 18.0 Å². The summed E-state index contributed by atoms with van der Waals surface area (Å²) in [6.07, 6.45) is 2.01. The number of carbonyl (C=O) groups excluding carboxylic acids is 2. The lowest BCUT2D eigenvalue weighted by atomic mass is 10.0. The summed E-state index contributed by atoms with van der Waals surface area (Å²) in [5.74, 6) is -0.0243. The molecule has 2 aromatic carbocycles. The summed E-state index contributed by atoms with van der Waals surface area (Å²) in [5.41, 5.74) is 4.19. The second-order valence-corrected chi connectivity index (χ2v) is 8.60. The van der Waals surface area contributed by atoms with E-state index in [1.807, 2.05) is 31.3 Å². The van der Waals surface area contributed by atoms with Crippen LogP contribution < -0.4 is 0 Å². The van der Waals surface area contributed by atoms with E-state index in [9.17, 15) is 14.7 Å². The van der Waals surface area contributed by atoms with Crippen LogP contribution in [0.25, 0.3) is 11.1 Å². The number of aryl methyl sites for hydroxylation is 1. The Morgan fingerprint density at radius 2 is 1.52 bits per heavy atom. The first-order valence-electron chi connectivity index (χ1n) is 11.1. The van der Waals surface area contributed by atoms with Crippen LogP contribution in [0.2, 0.25) is 0 Å². The predicted molar refractivity (Wildman–Crippen MR) is 121 cm³/mol. The molecule has 2 unspecified atom stereocenters. The highest BCUT2D eigenvalue weighted by Crippen LogP contribution is 2.23. The average Bonchev–Trinajstić information content (AvgIpc) is 3.47. The first-order chi connectivity index (χ1) is 15.0. The molecule has 0 aliphatic carbocycles. The number of β-amino-alcohol motifs (C(OH)–C–C–N with tert-alkyl or cyclic N) is 1. The van der Waals surface area contributed by atoms with Gasteiger partial charge < -0.3 is 19.8 Å². The number of likely N-dealkylation sites (tertiary alicyclic amines) is 2. The molecule has 3 amide bonds. The number of aliphatic hydroxyl groups is 1. The third kappa shape index (κ3) is 4.59. The van der Waals surface area contributed by atoms with Gasteiger partial charge in [-0.25, -0.2) is 4.79 Å². The fourth-order valence-corrected chi connectivity index (χ4v) is 4.45. The van der Waals surface area contributed by atoms with E-state index < -0.39 is 6.10 Å². The maximum Gasteiger partial charge on any atom is 0.320 e. The summed E-state index contributed by atoms with van der Waals surface area (Å²) in [6.45, 7) is 4.32. The van der Waals surface area contributed by atoms with Crippen LogP contribution in [-0.4, -0.2) is 77.1 Å². The van der Waals surface area contributed by atoms with Crippen molar-refractivity contribution in [2.24, 2.45) is 0 Å². The van der Waals surface area contributed by atoms with E-state index in [0.29, 0.717) is 38.2 Å². The van der Waals surface area contributed by atoms with Gasteiger partial charge in [0.25, 0.3) is 5.91 Å². The molecule has 0 saturated carbocycles. The Bertz CT molecular complexity index is 926. The Labute approximate surface area is 184 Å². The molecule has 2 aliphatic rings. The van der Waals surface area contributed by atoms with Crippen molar-refractivity contribution in [3.8, 4) is 11.1 Å². The van der Waals surface area contributed by atoms with Crippen LogP contribution in [0.4, 0.5) is 4.79 Å². The van der Waals surface area contributed by atoms with Crippen molar-refractivity contribution < 1.29 is 14.7 Å². The van der Waals surface area contributed by atoms with Gasteiger partial charge in [-0.15, -0.1) is 0 Å². The Kier molecular flexibility index (Phi) is 6.28. The minimum Gasteiger partial charge on any atom is -0.391 e. The molecular formula is C25H31N3O3. The molecule has 0 aromatic heterocycles. The van der Waals surface area contributed by atoms with Crippen molar-refractivity contribution in [1.82, 2.24) is 14.7 Å². The summed E-state index contributed by atoms with van der Waals surface area (Å²) >= 11 is 0. The van der Waals surface area contributed by atoms with Gasteiger partial charge in [0.15, 0.2) is 0 Å². The largest absolute Gasteiger partial charge is 0.391 e. The Morgan fingerprint density at radius 1 is 0.935 bits per heavy atom. The average molecular weight is 422 g/mol. The van der Waals surface area contributed by atoms with Crippen LogP contribution in [0.1, 0.15) is 35.7 Å². The van der Waals surface area contributed by atoms with Gasteiger partial charge in [-0.3, -0.25) is 4.79 Å². The molecule has 2 heterocycles. The predicted octanol–water partition coefficient (Wildman–Crippen LogP) is 3.25. The minimum atomic E-state index is -0.417. The molecule has 4 rings (SSSR count). The lowest BCUT2D eigenvalue weighted by molar-refractivity contribution is 0.0735. The molecule has 31 heavy (non-hydrogen) atoms. The number of likely N-dealkylation sites (N-methyl/N-ethyl adjacent to an activating group) is 1. The van der Waals surface area contributed by atoms with Crippen molar-refractivity contribution in [2.45, 2.75) is 38.3 Å². The van der Waals surface area contributed by atoms with E-state index in [2.05, 4.69) is 31.2 Å². The number of benzene rings is 2. The SMILES string of the molecule is CCc1ccc(-c2ccc(C(=O)N(C)C3CCN(C(=O)N4CCC(O)C4)C3)cc2)cc1. The van der Waals surface area contributed by atoms with Gasteiger partial charge >= 0.3 is 6.03 Å². The number of carbonyl (C=O) groups is 2. The molecule has 6 heteroatoms. The Morgan fingerprint density at radius 3 is 2.10 bits per heavy atom. The van der Waals surface area contributed by atoms with E-state index >= 15 is 0 Å². The smallest absolute Gasteiger partial charge is 0.320 e. The zero-order chi connectivity index (χ0) is 22.0. The number of urea groups is 1. The van der Waals surface area contributed by atoms with Gasteiger partial charge in [-0.1, -0.05) is 43.3 Å². The summed E-state index contributed by atoms with van der Waals surface area (Å²) in [7, 11) is 1.82. The molecular weight excluding hydrogens is 390 g/mol. The zero-order valence-corrected chi connectivity index (χ0v) is 18.3. The quantitative estimate of drug-likeness (QED) is 0.824. The highest BCUT2D eigenvalue weighted by Gasteiger charge is 2.35. The summed E-state index contributed by atoms with van der Waals surface area (Å²) in [5, 5.41) is 9.68. The molecule has 0 spiro atoms. The zero-order valence-electron chi connectivity index (χ0n) is 18.3. The molecule has 2 saturated heterocycles. The fraction of sp³-hybridized carbons (Fsp3) is 0.440. The van der Waals surface area contributed by atoms with Gasteiger partial charge in [-0.2, -0.15) is 0 Å². The van der Waals surface area contributed by atoms with Crippen LogP contribution in [0.5, 0.6) is 0 Å². The molecule has 0 radical (unpaired) electrons. The number of amides is 3. The molecule has 0 bridgehead atoms. The first kappa shape index (κ1) is 21.4. The molecule has 2 aromatic rings. The second kappa shape index (κ2) is 9.10. The highest BCUT2D eigenvalue weighted by molar-refractivity contribution is 5.95. The van der Waals surface area contributed by atoms with Crippen LogP contribution in [0.15, 0.2) is 48.5 Å². The third-order valence-corrected chi connectivity index (χ3v) is 6.56. The summed E-state index contributed by atoms with van der Waals surface area (Å²) in [6, 6.07) is 16.2. The third-order valence-electron chi connectivity index (χ3n) is 6.56. The summed E-state index contributed by atoms with van der Waals surface area (Å²) in [4.78, 5) is 30.9. The van der Waals surface area contributed by atoms with Crippen LogP contribution in [-0.2, 0) is 6.42 Å². The molecule has 6 nitrogen and oxygen atoms in total. The van der Waals surface area contributed by atoms with E-state index in [1.165, 1.54) is 5.56 Å². The van der Waals surface area contributed by atoms with E-state index in [1.54, 1.807) is 14.7 Å². The van der Waals surface area contributed by atoms with Gasteiger partial charge in [-0.05, 0) is 48.1 Å². The van der Waals surface area contributed by atoms with Gasteiger partial charge in [0.2, 0.25) is 0 Å². The molecule has 2 fully saturated rings. The number of hydrogen-bond donors (Lipinski definition) is 1. The number of nitrogens with zero attached hydrogens (tertiary/aromatic N) is 3. The van der Waals surface area contributed by atoms with E-state index in [4.69, 9.17) is 0 Å². The summed E-state index contributed by atoms with van der Waals surface area (Å²) < 4.78 is 0. The molecule has 1 N–H and O–H groups in total. The minimum absolute atomic E-state index is 0.00485. The Balaban J connectivity index is 1.37. The molecule has 2 atom stereocenters. The number of aliphatic hydroxyl groups excluding tert-OH is 1. The van der Waals surface area contributed by atoms with Crippen molar-refractivity contribution in [3.63, 3.8) is 0 Å². The fourth-order valence-electron chi connectivity index (χ4n) is 4.45. The number of rotatable bonds is 4. The van der Waals surface area contributed by atoms with Crippen molar-refractivity contribution in [2.75, 3.05) is 33.2 Å². The number of hydrogen-bond acceptors (Lipinski definition) is 3. The van der Waals surface area contributed by atoms with Crippen molar-refractivity contribution >= 4 is 11.9 Å². The van der Waals surface area contributed by atoms with Crippen LogP contribution in [0.3, 0.4) is 0 Å². The van der Waals surface area contributed by atoms with Gasteiger partial charge in [0, 0.05) is 38.8 Å². The maximum absolute atomic E-state index is 13.0. The molecule has 2 aliphatic heterocycles. The van der Waals surface area contributed by atoms with Crippen LogP contribution >= 0.6 is 0 Å². The van der Waals surface area contributed by atoms with Crippen LogP contribution in [0, 0.1) is 0 Å². The monoisotopic (exact) mass is 421 g/mol.